The first-order valence-corrected chi connectivity index (χ1v) is 6.05. The standard InChI is InChI=1S/C14H20N2O/c1-10(2)6-5-7-17-14-13(9-15)11(3)8-12(4)16-14/h8,10H,5-7H2,1-4H3. The fourth-order valence-electron chi connectivity index (χ4n) is 1.70. The highest BCUT2D eigenvalue weighted by atomic mass is 16.5. The Balaban J connectivity index is 2.67. The van der Waals surface area contributed by atoms with Crippen LogP contribution in [0.5, 0.6) is 5.88 Å². The summed E-state index contributed by atoms with van der Waals surface area (Å²) in [4.78, 5) is 4.28. The van der Waals surface area contributed by atoms with E-state index in [0.717, 1.165) is 24.1 Å². The second-order valence-electron chi connectivity index (χ2n) is 4.76. The van der Waals surface area contributed by atoms with Crippen LogP contribution >= 0.6 is 0 Å². The van der Waals surface area contributed by atoms with Gasteiger partial charge in [-0.05, 0) is 44.2 Å². The van der Waals surface area contributed by atoms with Gasteiger partial charge in [-0.1, -0.05) is 13.8 Å². The number of rotatable bonds is 5. The summed E-state index contributed by atoms with van der Waals surface area (Å²) < 4.78 is 5.61. The first-order valence-electron chi connectivity index (χ1n) is 6.05. The van der Waals surface area contributed by atoms with Gasteiger partial charge >= 0.3 is 0 Å². The Bertz CT molecular complexity index is 419. The van der Waals surface area contributed by atoms with Crippen LogP contribution in [0.2, 0.25) is 0 Å². The molecule has 17 heavy (non-hydrogen) atoms. The maximum absolute atomic E-state index is 9.06. The summed E-state index contributed by atoms with van der Waals surface area (Å²) in [5, 5.41) is 9.06. The third kappa shape index (κ3) is 4.07. The molecule has 0 aliphatic rings. The summed E-state index contributed by atoms with van der Waals surface area (Å²) in [6.45, 7) is 8.83. The maximum atomic E-state index is 9.06. The Hall–Kier alpha value is -1.56. The summed E-state index contributed by atoms with van der Waals surface area (Å²) in [5.41, 5.74) is 2.37. The first-order chi connectivity index (χ1) is 8.04. The summed E-state index contributed by atoms with van der Waals surface area (Å²) in [6, 6.07) is 4.06. The van der Waals surface area contributed by atoms with E-state index < -0.39 is 0 Å². The molecule has 1 aromatic heterocycles. The van der Waals surface area contributed by atoms with Crippen LogP contribution in [0, 0.1) is 31.1 Å². The number of hydrogen-bond donors (Lipinski definition) is 0. The maximum Gasteiger partial charge on any atom is 0.232 e. The Morgan fingerprint density at radius 3 is 2.71 bits per heavy atom. The summed E-state index contributed by atoms with van der Waals surface area (Å²) in [7, 11) is 0. The largest absolute Gasteiger partial charge is 0.477 e. The van der Waals surface area contributed by atoms with Gasteiger partial charge in [-0.2, -0.15) is 5.26 Å². The van der Waals surface area contributed by atoms with E-state index in [-0.39, 0.29) is 0 Å². The Labute approximate surface area is 103 Å². The van der Waals surface area contributed by atoms with Crippen LogP contribution in [0.4, 0.5) is 0 Å². The van der Waals surface area contributed by atoms with E-state index in [1.807, 2.05) is 19.9 Å². The van der Waals surface area contributed by atoms with Crippen LogP contribution in [0.15, 0.2) is 6.07 Å². The van der Waals surface area contributed by atoms with Crippen LogP contribution in [0.3, 0.4) is 0 Å². The monoisotopic (exact) mass is 232 g/mol. The molecular formula is C14H20N2O. The van der Waals surface area contributed by atoms with Crippen LogP contribution in [0.25, 0.3) is 0 Å². The molecule has 0 fully saturated rings. The first kappa shape index (κ1) is 13.5. The zero-order chi connectivity index (χ0) is 12.8. The van der Waals surface area contributed by atoms with Gasteiger partial charge in [0.05, 0.1) is 6.61 Å². The molecule has 0 saturated carbocycles. The lowest BCUT2D eigenvalue weighted by Gasteiger charge is -2.10. The van der Waals surface area contributed by atoms with Gasteiger partial charge in [0, 0.05) is 5.69 Å². The van der Waals surface area contributed by atoms with E-state index >= 15 is 0 Å². The van der Waals surface area contributed by atoms with E-state index in [9.17, 15) is 0 Å². The van der Waals surface area contributed by atoms with Gasteiger partial charge in [0.25, 0.3) is 0 Å². The van der Waals surface area contributed by atoms with Gasteiger partial charge in [-0.15, -0.1) is 0 Å². The lowest BCUT2D eigenvalue weighted by Crippen LogP contribution is -2.04. The van der Waals surface area contributed by atoms with E-state index in [1.165, 1.54) is 0 Å². The number of ether oxygens (including phenoxy) is 1. The molecule has 1 aromatic rings. The Kier molecular flexibility index (Phi) is 4.96. The fourth-order valence-corrected chi connectivity index (χ4v) is 1.70. The van der Waals surface area contributed by atoms with E-state index in [0.29, 0.717) is 24.0 Å². The summed E-state index contributed by atoms with van der Waals surface area (Å²) in [5.74, 6) is 1.16. The number of aryl methyl sites for hydroxylation is 2. The van der Waals surface area contributed by atoms with Crippen molar-refractivity contribution >= 4 is 0 Å². The molecule has 92 valence electrons. The van der Waals surface area contributed by atoms with Crippen LogP contribution in [0.1, 0.15) is 43.5 Å². The molecule has 0 aliphatic carbocycles. The van der Waals surface area contributed by atoms with Gasteiger partial charge in [0.1, 0.15) is 11.6 Å². The SMILES string of the molecule is Cc1cc(C)c(C#N)c(OCCCC(C)C)n1. The van der Waals surface area contributed by atoms with Crippen molar-refractivity contribution in [3.63, 3.8) is 0 Å². The minimum Gasteiger partial charge on any atom is -0.477 e. The van der Waals surface area contributed by atoms with Crippen molar-refractivity contribution in [1.82, 2.24) is 4.98 Å². The van der Waals surface area contributed by atoms with Crippen molar-refractivity contribution in [3.05, 3.63) is 22.9 Å². The molecule has 0 N–H and O–H groups in total. The fraction of sp³-hybridized carbons (Fsp3) is 0.571. The van der Waals surface area contributed by atoms with Crippen molar-refractivity contribution in [1.29, 1.82) is 5.26 Å². The van der Waals surface area contributed by atoms with Gasteiger partial charge in [0.2, 0.25) is 5.88 Å². The third-order valence-electron chi connectivity index (χ3n) is 2.59. The zero-order valence-corrected chi connectivity index (χ0v) is 11.1. The normalized spacial score (nSPS) is 10.4. The molecular weight excluding hydrogens is 212 g/mol. The minimum atomic E-state index is 0.480. The molecule has 3 heteroatoms. The van der Waals surface area contributed by atoms with Crippen LogP contribution in [-0.4, -0.2) is 11.6 Å². The Morgan fingerprint density at radius 2 is 2.12 bits per heavy atom. The molecule has 0 aromatic carbocycles. The molecule has 0 bridgehead atoms. The third-order valence-corrected chi connectivity index (χ3v) is 2.59. The molecule has 0 saturated heterocycles. The highest BCUT2D eigenvalue weighted by molar-refractivity contribution is 5.45. The molecule has 0 spiro atoms. The van der Waals surface area contributed by atoms with Crippen molar-refractivity contribution in [2.45, 2.75) is 40.5 Å². The quantitative estimate of drug-likeness (QED) is 0.731. The minimum absolute atomic E-state index is 0.480. The smallest absolute Gasteiger partial charge is 0.232 e. The molecule has 0 atom stereocenters. The number of nitriles is 1. The van der Waals surface area contributed by atoms with Crippen molar-refractivity contribution < 1.29 is 4.74 Å². The number of aromatic nitrogens is 1. The molecule has 0 radical (unpaired) electrons. The van der Waals surface area contributed by atoms with Crippen LogP contribution < -0.4 is 4.74 Å². The number of nitrogens with zero attached hydrogens (tertiary/aromatic N) is 2. The highest BCUT2D eigenvalue weighted by Crippen LogP contribution is 2.20. The molecule has 0 aliphatic heterocycles. The second-order valence-corrected chi connectivity index (χ2v) is 4.76. The predicted molar refractivity (Wildman–Crippen MR) is 68.0 cm³/mol. The zero-order valence-electron chi connectivity index (χ0n) is 11.1. The Morgan fingerprint density at radius 1 is 1.41 bits per heavy atom. The van der Waals surface area contributed by atoms with Gasteiger partial charge < -0.3 is 4.74 Å². The highest BCUT2D eigenvalue weighted by Gasteiger charge is 2.09. The van der Waals surface area contributed by atoms with Gasteiger partial charge in [-0.3, -0.25) is 0 Å². The van der Waals surface area contributed by atoms with Crippen LogP contribution in [-0.2, 0) is 0 Å². The number of pyridine rings is 1. The summed E-state index contributed by atoms with van der Waals surface area (Å²) in [6.07, 6.45) is 2.13. The molecule has 0 amide bonds. The average Bonchev–Trinajstić information content (AvgIpc) is 2.23. The van der Waals surface area contributed by atoms with E-state index in [2.05, 4.69) is 24.9 Å². The van der Waals surface area contributed by atoms with E-state index in [1.54, 1.807) is 0 Å². The van der Waals surface area contributed by atoms with Crippen molar-refractivity contribution in [2.75, 3.05) is 6.61 Å². The van der Waals surface area contributed by atoms with Gasteiger partial charge in [0.15, 0.2) is 0 Å². The molecule has 3 nitrogen and oxygen atoms in total. The lowest BCUT2D eigenvalue weighted by atomic mass is 10.1. The van der Waals surface area contributed by atoms with Crippen molar-refractivity contribution in [2.24, 2.45) is 5.92 Å². The predicted octanol–water partition coefficient (Wildman–Crippen LogP) is 3.39. The average molecular weight is 232 g/mol. The molecule has 1 rings (SSSR count). The topological polar surface area (TPSA) is 45.9 Å². The summed E-state index contributed by atoms with van der Waals surface area (Å²) >= 11 is 0. The van der Waals surface area contributed by atoms with E-state index in [4.69, 9.17) is 10.00 Å². The number of hydrogen-bond acceptors (Lipinski definition) is 3. The second kappa shape index (κ2) is 6.24. The van der Waals surface area contributed by atoms with Crippen molar-refractivity contribution in [3.8, 4) is 11.9 Å². The lowest BCUT2D eigenvalue weighted by molar-refractivity contribution is 0.285. The van der Waals surface area contributed by atoms with Gasteiger partial charge in [-0.25, -0.2) is 4.98 Å². The molecule has 1 heterocycles. The molecule has 0 unspecified atom stereocenters.